The third kappa shape index (κ3) is 4.98. The van der Waals surface area contributed by atoms with Crippen LogP contribution >= 0.6 is 0 Å². The van der Waals surface area contributed by atoms with Crippen molar-refractivity contribution in [3.05, 3.63) is 53.1 Å². The summed E-state index contributed by atoms with van der Waals surface area (Å²) in [6.45, 7) is 3.76. The number of anilines is 1. The highest BCUT2D eigenvalue weighted by Crippen LogP contribution is 2.17. The van der Waals surface area contributed by atoms with Crippen molar-refractivity contribution in [3.63, 3.8) is 0 Å². The van der Waals surface area contributed by atoms with Crippen LogP contribution in [0, 0.1) is 12.7 Å². The first-order valence-corrected chi connectivity index (χ1v) is 10.4. The van der Waals surface area contributed by atoms with Gasteiger partial charge in [0.15, 0.2) is 0 Å². The maximum absolute atomic E-state index is 13.7. The van der Waals surface area contributed by atoms with E-state index >= 15 is 0 Å². The molecule has 1 fully saturated rings. The number of nitrogens with one attached hydrogen (secondary N) is 1. The summed E-state index contributed by atoms with van der Waals surface area (Å²) >= 11 is 0. The van der Waals surface area contributed by atoms with Crippen molar-refractivity contribution in [1.29, 1.82) is 0 Å². The Hall–Kier alpha value is -2.06. The van der Waals surface area contributed by atoms with Gasteiger partial charge in [-0.1, -0.05) is 18.2 Å². The maximum Gasteiger partial charge on any atom is 0.225 e. The van der Waals surface area contributed by atoms with Gasteiger partial charge in [-0.3, -0.25) is 0 Å². The molecule has 1 N–H and O–H groups in total. The van der Waals surface area contributed by atoms with E-state index in [1.807, 2.05) is 6.92 Å². The third-order valence-corrected chi connectivity index (χ3v) is 5.59. The van der Waals surface area contributed by atoms with E-state index in [4.69, 9.17) is 0 Å². The van der Waals surface area contributed by atoms with Gasteiger partial charge in [0, 0.05) is 24.3 Å². The minimum absolute atomic E-state index is 0.0565. The SMILES string of the molecule is Cc1cc(CNS(=O)(=O)Cc2ccccc2F)nc(N2CCCCC2)n1. The molecule has 2 heterocycles. The number of sulfonamides is 1. The molecule has 0 atom stereocenters. The predicted octanol–water partition coefficient (Wildman–Crippen LogP) is 2.53. The second-order valence-corrected chi connectivity index (χ2v) is 8.33. The first-order valence-electron chi connectivity index (χ1n) is 8.73. The van der Waals surface area contributed by atoms with Gasteiger partial charge >= 0.3 is 0 Å². The highest BCUT2D eigenvalue weighted by atomic mass is 32.2. The molecule has 1 aromatic heterocycles. The zero-order valence-corrected chi connectivity index (χ0v) is 15.6. The van der Waals surface area contributed by atoms with Gasteiger partial charge in [0.2, 0.25) is 16.0 Å². The van der Waals surface area contributed by atoms with E-state index in [-0.39, 0.29) is 12.1 Å². The maximum atomic E-state index is 13.7. The van der Waals surface area contributed by atoms with E-state index in [0.717, 1.165) is 31.6 Å². The number of hydrogen-bond donors (Lipinski definition) is 1. The zero-order chi connectivity index (χ0) is 18.6. The summed E-state index contributed by atoms with van der Waals surface area (Å²) in [7, 11) is -3.67. The van der Waals surface area contributed by atoms with Crippen LogP contribution < -0.4 is 9.62 Å². The van der Waals surface area contributed by atoms with Crippen molar-refractivity contribution in [2.24, 2.45) is 0 Å². The molecule has 140 valence electrons. The van der Waals surface area contributed by atoms with Crippen LogP contribution in [0.15, 0.2) is 30.3 Å². The fourth-order valence-corrected chi connectivity index (χ4v) is 4.11. The average molecular weight is 378 g/mol. The summed E-state index contributed by atoms with van der Waals surface area (Å²) in [6.07, 6.45) is 3.44. The number of aromatic nitrogens is 2. The summed E-state index contributed by atoms with van der Waals surface area (Å²) in [6, 6.07) is 7.64. The molecular formula is C18H23FN4O2S. The Morgan fingerprint density at radius 2 is 1.88 bits per heavy atom. The van der Waals surface area contributed by atoms with E-state index < -0.39 is 21.6 Å². The van der Waals surface area contributed by atoms with E-state index in [1.54, 1.807) is 12.1 Å². The lowest BCUT2D eigenvalue weighted by Crippen LogP contribution is -2.32. The molecule has 1 aliphatic rings. The van der Waals surface area contributed by atoms with Crippen molar-refractivity contribution in [1.82, 2.24) is 14.7 Å². The number of hydrogen-bond acceptors (Lipinski definition) is 5. The molecular weight excluding hydrogens is 355 g/mol. The largest absolute Gasteiger partial charge is 0.341 e. The van der Waals surface area contributed by atoms with Crippen LogP contribution in [0.4, 0.5) is 10.3 Å². The third-order valence-electron chi connectivity index (χ3n) is 4.31. The lowest BCUT2D eigenvalue weighted by molar-refractivity contribution is 0.564. The number of piperidine rings is 1. The topological polar surface area (TPSA) is 75.2 Å². The van der Waals surface area contributed by atoms with Crippen molar-refractivity contribution < 1.29 is 12.8 Å². The molecule has 1 saturated heterocycles. The van der Waals surface area contributed by atoms with Crippen molar-refractivity contribution >= 4 is 16.0 Å². The number of aryl methyl sites for hydroxylation is 1. The van der Waals surface area contributed by atoms with E-state index in [0.29, 0.717) is 11.6 Å². The standard InChI is InChI=1S/C18H23FN4O2S/c1-14-11-16(22-18(21-14)23-9-5-2-6-10-23)12-20-26(24,25)13-15-7-3-4-8-17(15)19/h3-4,7-8,11,20H,2,5-6,9-10,12-13H2,1H3. The van der Waals surface area contributed by atoms with Gasteiger partial charge < -0.3 is 4.90 Å². The van der Waals surface area contributed by atoms with Crippen LogP contribution in [0.25, 0.3) is 0 Å². The summed E-state index contributed by atoms with van der Waals surface area (Å²) in [4.78, 5) is 11.1. The fourth-order valence-electron chi connectivity index (χ4n) is 3.00. The lowest BCUT2D eigenvalue weighted by atomic mass is 10.1. The van der Waals surface area contributed by atoms with Crippen molar-refractivity contribution in [2.45, 2.75) is 38.5 Å². The van der Waals surface area contributed by atoms with Crippen LogP contribution in [-0.4, -0.2) is 31.5 Å². The second-order valence-electron chi connectivity index (χ2n) is 6.52. The van der Waals surface area contributed by atoms with Gasteiger partial charge in [-0.15, -0.1) is 0 Å². The smallest absolute Gasteiger partial charge is 0.225 e. The first kappa shape index (κ1) is 18.7. The van der Waals surface area contributed by atoms with Crippen LogP contribution in [-0.2, 0) is 22.3 Å². The van der Waals surface area contributed by atoms with Crippen LogP contribution in [0.5, 0.6) is 0 Å². The number of nitrogens with zero attached hydrogens (tertiary/aromatic N) is 3. The Morgan fingerprint density at radius 3 is 2.62 bits per heavy atom. The molecule has 26 heavy (non-hydrogen) atoms. The predicted molar refractivity (Wildman–Crippen MR) is 98.7 cm³/mol. The van der Waals surface area contributed by atoms with Gasteiger partial charge in [-0.05, 0) is 38.3 Å². The molecule has 0 saturated carbocycles. The van der Waals surface area contributed by atoms with E-state index in [2.05, 4.69) is 19.6 Å². The van der Waals surface area contributed by atoms with Crippen LogP contribution in [0.1, 0.15) is 36.2 Å². The van der Waals surface area contributed by atoms with Gasteiger partial charge in [0.25, 0.3) is 0 Å². The van der Waals surface area contributed by atoms with E-state index in [9.17, 15) is 12.8 Å². The molecule has 2 aromatic rings. The molecule has 0 bridgehead atoms. The lowest BCUT2D eigenvalue weighted by Gasteiger charge is -2.27. The van der Waals surface area contributed by atoms with Gasteiger partial charge in [0.1, 0.15) is 5.82 Å². The Kier molecular flexibility index (Phi) is 5.83. The Bertz CT molecular complexity index is 867. The van der Waals surface area contributed by atoms with Crippen molar-refractivity contribution in [3.8, 4) is 0 Å². The van der Waals surface area contributed by atoms with Gasteiger partial charge in [-0.25, -0.2) is 27.5 Å². The quantitative estimate of drug-likeness (QED) is 0.836. The molecule has 8 heteroatoms. The summed E-state index contributed by atoms with van der Waals surface area (Å²) < 4.78 is 40.7. The molecule has 1 aliphatic heterocycles. The van der Waals surface area contributed by atoms with E-state index in [1.165, 1.54) is 24.6 Å². The highest BCUT2D eigenvalue weighted by molar-refractivity contribution is 7.88. The molecule has 0 aliphatic carbocycles. The Labute approximate surface area is 153 Å². The molecule has 0 unspecified atom stereocenters. The minimum atomic E-state index is -3.67. The molecule has 0 radical (unpaired) electrons. The van der Waals surface area contributed by atoms with Crippen LogP contribution in [0.2, 0.25) is 0 Å². The number of rotatable bonds is 6. The Balaban J connectivity index is 1.68. The Morgan fingerprint density at radius 1 is 1.15 bits per heavy atom. The summed E-state index contributed by atoms with van der Waals surface area (Å²) in [5.74, 6) is -0.279. The molecule has 1 aromatic carbocycles. The molecule has 0 spiro atoms. The fraction of sp³-hybridized carbons (Fsp3) is 0.444. The van der Waals surface area contributed by atoms with Gasteiger partial charge in [-0.2, -0.15) is 0 Å². The summed E-state index contributed by atoms with van der Waals surface area (Å²) in [5.41, 5.74) is 1.55. The molecule has 6 nitrogen and oxygen atoms in total. The average Bonchev–Trinajstić information content (AvgIpc) is 2.62. The van der Waals surface area contributed by atoms with Crippen molar-refractivity contribution in [2.75, 3.05) is 18.0 Å². The normalized spacial score (nSPS) is 15.2. The monoisotopic (exact) mass is 378 g/mol. The highest BCUT2D eigenvalue weighted by Gasteiger charge is 2.17. The second kappa shape index (κ2) is 8.09. The first-order chi connectivity index (χ1) is 12.4. The minimum Gasteiger partial charge on any atom is -0.341 e. The molecule has 3 rings (SSSR count). The summed E-state index contributed by atoms with van der Waals surface area (Å²) in [5, 5.41) is 0. The number of benzene rings is 1. The molecule has 0 amide bonds. The van der Waals surface area contributed by atoms with Gasteiger partial charge in [0.05, 0.1) is 18.0 Å². The zero-order valence-electron chi connectivity index (χ0n) is 14.8. The van der Waals surface area contributed by atoms with Crippen LogP contribution in [0.3, 0.4) is 0 Å². The number of halogens is 1.